The van der Waals surface area contributed by atoms with Gasteiger partial charge in [-0.3, -0.25) is 4.98 Å². The molecule has 15 heavy (non-hydrogen) atoms. The SMILES string of the molecule is C[C@@H](N)c1cc2c(cn1)OC(F)(F)O2.Cl. The summed E-state index contributed by atoms with van der Waals surface area (Å²) in [7, 11) is 0. The van der Waals surface area contributed by atoms with Crippen molar-refractivity contribution >= 4 is 12.4 Å². The monoisotopic (exact) mass is 238 g/mol. The first-order chi connectivity index (χ1) is 6.48. The highest BCUT2D eigenvalue weighted by molar-refractivity contribution is 5.85. The maximum atomic E-state index is 12.6. The first-order valence-corrected chi connectivity index (χ1v) is 3.99. The second-order valence-corrected chi connectivity index (χ2v) is 3.01. The van der Waals surface area contributed by atoms with Gasteiger partial charge in [-0.15, -0.1) is 21.2 Å². The lowest BCUT2D eigenvalue weighted by Crippen LogP contribution is -2.25. The summed E-state index contributed by atoms with van der Waals surface area (Å²) in [6.45, 7) is 1.70. The summed E-state index contributed by atoms with van der Waals surface area (Å²) in [6, 6.07) is 1.01. The highest BCUT2D eigenvalue weighted by Gasteiger charge is 2.43. The van der Waals surface area contributed by atoms with E-state index in [1.165, 1.54) is 12.3 Å². The maximum absolute atomic E-state index is 12.6. The van der Waals surface area contributed by atoms with E-state index >= 15 is 0 Å². The van der Waals surface area contributed by atoms with Crippen LogP contribution < -0.4 is 15.2 Å². The molecule has 0 saturated carbocycles. The number of fused-ring (bicyclic) bond motifs is 1. The first kappa shape index (κ1) is 11.9. The normalized spacial score (nSPS) is 18.1. The molecule has 1 atom stereocenters. The van der Waals surface area contributed by atoms with Gasteiger partial charge in [-0.25, -0.2) is 0 Å². The Kier molecular flexibility index (Phi) is 3.01. The quantitative estimate of drug-likeness (QED) is 0.811. The molecule has 0 saturated heterocycles. The fourth-order valence-corrected chi connectivity index (χ4v) is 1.12. The third kappa shape index (κ3) is 2.27. The summed E-state index contributed by atoms with van der Waals surface area (Å²) in [4.78, 5) is 3.85. The van der Waals surface area contributed by atoms with E-state index in [4.69, 9.17) is 5.73 Å². The van der Waals surface area contributed by atoms with Gasteiger partial charge in [-0.1, -0.05) is 0 Å². The van der Waals surface area contributed by atoms with Crippen LogP contribution in [0, 0.1) is 0 Å². The van der Waals surface area contributed by atoms with Crippen molar-refractivity contribution in [2.45, 2.75) is 19.3 Å². The van der Waals surface area contributed by atoms with Gasteiger partial charge < -0.3 is 15.2 Å². The molecule has 1 aliphatic heterocycles. The van der Waals surface area contributed by atoms with E-state index < -0.39 is 6.29 Å². The summed E-state index contributed by atoms with van der Waals surface area (Å²) in [5, 5.41) is 0. The molecule has 1 aromatic heterocycles. The van der Waals surface area contributed by atoms with Gasteiger partial charge in [0.1, 0.15) is 0 Å². The Balaban J connectivity index is 0.00000112. The molecule has 0 amide bonds. The molecule has 4 nitrogen and oxygen atoms in total. The molecule has 0 fully saturated rings. The fourth-order valence-electron chi connectivity index (χ4n) is 1.12. The third-order valence-electron chi connectivity index (χ3n) is 1.78. The maximum Gasteiger partial charge on any atom is 0.586 e. The molecule has 0 unspecified atom stereocenters. The van der Waals surface area contributed by atoms with Gasteiger partial charge in [-0.2, -0.15) is 0 Å². The average Bonchev–Trinajstić information content (AvgIpc) is 2.36. The third-order valence-corrected chi connectivity index (χ3v) is 1.78. The van der Waals surface area contributed by atoms with Gasteiger partial charge in [0.25, 0.3) is 0 Å². The molecule has 1 aliphatic rings. The molecule has 7 heteroatoms. The standard InChI is InChI=1S/C8H8F2N2O2.ClH/c1-4(11)5-2-6-7(3-12-5)14-8(9,10)13-6;/h2-4H,11H2,1H3;1H/t4-;/m1./s1. The van der Waals surface area contributed by atoms with Crippen LogP contribution in [0.25, 0.3) is 0 Å². The van der Waals surface area contributed by atoms with Crippen LogP contribution in [0.5, 0.6) is 11.5 Å². The van der Waals surface area contributed by atoms with Crippen molar-refractivity contribution in [3.63, 3.8) is 0 Å². The van der Waals surface area contributed by atoms with Crippen LogP contribution >= 0.6 is 12.4 Å². The van der Waals surface area contributed by atoms with Gasteiger partial charge in [0.05, 0.1) is 11.9 Å². The molecule has 84 valence electrons. The van der Waals surface area contributed by atoms with Crippen LogP contribution in [-0.4, -0.2) is 11.3 Å². The van der Waals surface area contributed by atoms with E-state index in [1.807, 2.05) is 0 Å². The number of hydrogen-bond donors (Lipinski definition) is 1. The second kappa shape index (κ2) is 3.79. The lowest BCUT2D eigenvalue weighted by atomic mass is 10.2. The zero-order valence-corrected chi connectivity index (χ0v) is 8.55. The van der Waals surface area contributed by atoms with E-state index in [-0.39, 0.29) is 29.9 Å². The van der Waals surface area contributed by atoms with Crippen molar-refractivity contribution in [1.82, 2.24) is 4.98 Å². The van der Waals surface area contributed by atoms with Crippen LogP contribution in [0.4, 0.5) is 8.78 Å². The summed E-state index contributed by atoms with van der Waals surface area (Å²) in [6.07, 6.45) is -2.42. The predicted molar refractivity (Wildman–Crippen MR) is 50.3 cm³/mol. The molecule has 2 N–H and O–H groups in total. The van der Waals surface area contributed by atoms with E-state index in [2.05, 4.69) is 14.5 Å². The van der Waals surface area contributed by atoms with Gasteiger partial charge in [0.15, 0.2) is 11.5 Å². The number of pyridine rings is 1. The minimum atomic E-state index is -3.60. The van der Waals surface area contributed by atoms with Gasteiger partial charge in [-0.05, 0) is 6.92 Å². The van der Waals surface area contributed by atoms with Gasteiger partial charge >= 0.3 is 6.29 Å². The topological polar surface area (TPSA) is 57.4 Å². The Labute approximate surface area is 90.8 Å². The lowest BCUT2D eigenvalue weighted by molar-refractivity contribution is -0.286. The number of nitrogens with two attached hydrogens (primary N) is 1. The Morgan fingerprint density at radius 1 is 1.40 bits per heavy atom. The molecule has 0 radical (unpaired) electrons. The molecular formula is C8H9ClF2N2O2. The van der Waals surface area contributed by atoms with Crippen molar-refractivity contribution in [1.29, 1.82) is 0 Å². The summed E-state index contributed by atoms with van der Waals surface area (Å²) in [5.41, 5.74) is 6.01. The van der Waals surface area contributed by atoms with Crippen molar-refractivity contribution in [2.75, 3.05) is 0 Å². The van der Waals surface area contributed by atoms with Crippen LogP contribution in [-0.2, 0) is 0 Å². The van der Waals surface area contributed by atoms with E-state index in [1.54, 1.807) is 6.92 Å². The Bertz CT molecular complexity index is 374. The number of rotatable bonds is 1. The van der Waals surface area contributed by atoms with Crippen LogP contribution in [0.2, 0.25) is 0 Å². The smallest absolute Gasteiger partial charge is 0.395 e. The molecule has 0 spiro atoms. The minimum Gasteiger partial charge on any atom is -0.395 e. The number of halogens is 3. The first-order valence-electron chi connectivity index (χ1n) is 3.99. The van der Waals surface area contributed by atoms with Crippen molar-refractivity contribution in [2.24, 2.45) is 5.73 Å². The highest BCUT2D eigenvalue weighted by atomic mass is 35.5. The Hall–Kier alpha value is -1.14. The van der Waals surface area contributed by atoms with Crippen molar-refractivity contribution < 1.29 is 18.3 Å². The molecule has 0 bridgehead atoms. The molecule has 1 aromatic rings. The van der Waals surface area contributed by atoms with E-state index in [0.29, 0.717) is 5.69 Å². The second-order valence-electron chi connectivity index (χ2n) is 3.01. The number of alkyl halides is 2. The lowest BCUT2D eigenvalue weighted by Gasteiger charge is -2.04. The van der Waals surface area contributed by atoms with Crippen LogP contribution in [0.3, 0.4) is 0 Å². The molecule has 2 rings (SSSR count). The summed E-state index contributed by atoms with van der Waals surface area (Å²) < 4.78 is 33.5. The molecule has 0 aliphatic carbocycles. The fraction of sp³-hybridized carbons (Fsp3) is 0.375. The number of ether oxygens (including phenoxy) is 2. The average molecular weight is 239 g/mol. The highest BCUT2D eigenvalue weighted by Crippen LogP contribution is 2.40. The number of aromatic nitrogens is 1. The number of hydrogen-bond acceptors (Lipinski definition) is 4. The molecule has 0 aromatic carbocycles. The molecular weight excluding hydrogens is 230 g/mol. The largest absolute Gasteiger partial charge is 0.586 e. The Morgan fingerprint density at radius 2 is 2.00 bits per heavy atom. The summed E-state index contributed by atoms with van der Waals surface area (Å²) in [5.74, 6) is -0.100. The van der Waals surface area contributed by atoms with E-state index in [0.717, 1.165) is 0 Å². The molecule has 2 heterocycles. The minimum absolute atomic E-state index is 0. The van der Waals surface area contributed by atoms with Crippen molar-refractivity contribution in [3.8, 4) is 11.5 Å². The zero-order chi connectivity index (χ0) is 10.3. The zero-order valence-electron chi connectivity index (χ0n) is 7.74. The predicted octanol–water partition coefficient (Wildman–Crippen LogP) is 1.84. The van der Waals surface area contributed by atoms with Gasteiger partial charge in [0.2, 0.25) is 0 Å². The van der Waals surface area contributed by atoms with E-state index in [9.17, 15) is 8.78 Å². The van der Waals surface area contributed by atoms with Crippen molar-refractivity contribution in [3.05, 3.63) is 18.0 Å². The summed E-state index contributed by atoms with van der Waals surface area (Å²) >= 11 is 0. The van der Waals surface area contributed by atoms with Gasteiger partial charge in [0, 0.05) is 12.1 Å². The number of nitrogens with zero attached hydrogens (tertiary/aromatic N) is 1. The van der Waals surface area contributed by atoms with Crippen LogP contribution in [0.1, 0.15) is 18.7 Å². The van der Waals surface area contributed by atoms with Crippen LogP contribution in [0.15, 0.2) is 12.3 Å². The Morgan fingerprint density at radius 3 is 2.60 bits per heavy atom.